The molecule has 4 aromatic rings. The van der Waals surface area contributed by atoms with E-state index in [1.54, 1.807) is 0 Å². The topological polar surface area (TPSA) is 95.5 Å². The van der Waals surface area contributed by atoms with Gasteiger partial charge < -0.3 is 4.74 Å². The van der Waals surface area contributed by atoms with Crippen molar-refractivity contribution in [2.45, 2.75) is 24.1 Å². The molecule has 0 saturated heterocycles. The molecule has 0 aliphatic carbocycles. The van der Waals surface area contributed by atoms with Crippen molar-refractivity contribution in [3.8, 4) is 0 Å². The van der Waals surface area contributed by atoms with Crippen molar-refractivity contribution in [2.24, 2.45) is 0 Å². The third kappa shape index (κ3) is 6.63. The lowest BCUT2D eigenvalue weighted by atomic mass is 9.93. The van der Waals surface area contributed by atoms with Crippen molar-refractivity contribution in [1.29, 1.82) is 0 Å². The Hall–Kier alpha value is -3.68. The normalized spacial score (nSPS) is 13.4. The van der Waals surface area contributed by atoms with Crippen LogP contribution < -0.4 is 0 Å². The number of alkyl halides is 4. The Balaban J connectivity index is 1.92. The van der Waals surface area contributed by atoms with Crippen molar-refractivity contribution in [1.82, 2.24) is 0 Å². The molecule has 0 aromatic heterocycles. The van der Waals surface area contributed by atoms with Gasteiger partial charge in [0, 0.05) is 44.3 Å². The Bertz CT molecular complexity index is 1490. The molecule has 0 fully saturated rings. The van der Waals surface area contributed by atoms with Crippen LogP contribution in [-0.4, -0.2) is 9.85 Å². The SMILES string of the molecule is O=[N+]([O-])c1cccc(C(F)(F)C(OC(c2cccc(Br)c2)C(F)(F)c2cccc([N+](=O)[O-])c2)c2cccc(Br)c2)c1. The van der Waals surface area contributed by atoms with Gasteiger partial charge in [-0.2, -0.15) is 17.6 Å². The predicted molar refractivity (Wildman–Crippen MR) is 149 cm³/mol. The first-order valence-corrected chi connectivity index (χ1v) is 13.3. The first-order valence-electron chi connectivity index (χ1n) is 11.7. The summed E-state index contributed by atoms with van der Waals surface area (Å²) in [6.45, 7) is 0. The fourth-order valence-electron chi connectivity index (χ4n) is 4.18. The molecule has 2 unspecified atom stereocenters. The van der Waals surface area contributed by atoms with Gasteiger partial charge in [0.25, 0.3) is 11.4 Å². The summed E-state index contributed by atoms with van der Waals surface area (Å²) in [6.07, 6.45) is -4.76. The molecule has 0 radical (unpaired) electrons. The van der Waals surface area contributed by atoms with E-state index in [0.717, 1.165) is 36.4 Å². The molecule has 212 valence electrons. The van der Waals surface area contributed by atoms with Crippen molar-refractivity contribution in [2.75, 3.05) is 0 Å². The van der Waals surface area contributed by atoms with Crippen molar-refractivity contribution < 1.29 is 32.1 Å². The summed E-state index contributed by atoms with van der Waals surface area (Å²) in [7, 11) is 0. The van der Waals surface area contributed by atoms with E-state index in [1.165, 1.54) is 48.5 Å². The zero-order chi connectivity index (χ0) is 29.9. The number of nitro benzene ring substituents is 2. The number of hydrogen-bond donors (Lipinski definition) is 0. The first kappa shape index (κ1) is 30.3. The standard InChI is InChI=1S/C28H18Br2F4N2O5/c29-21-9-1-5-17(13-21)25(27(31,32)19-7-3-11-23(15-19)35(37)38)41-26(18-6-2-10-22(30)14-18)28(33,34)20-8-4-12-24(16-20)36(39)40/h1-16,25-26H. The average molecular weight is 698 g/mol. The first-order chi connectivity index (χ1) is 19.3. The predicted octanol–water partition coefficient (Wildman–Crippen LogP) is 9.41. The molecular weight excluding hydrogens is 680 g/mol. The van der Waals surface area contributed by atoms with Crippen LogP contribution in [0.25, 0.3) is 0 Å². The number of non-ortho nitro benzene ring substituents is 2. The molecule has 0 aliphatic rings. The molecule has 41 heavy (non-hydrogen) atoms. The van der Waals surface area contributed by atoms with E-state index in [0.29, 0.717) is 21.1 Å². The second kappa shape index (κ2) is 12.0. The molecule has 0 saturated carbocycles. The molecule has 0 spiro atoms. The maximum Gasteiger partial charge on any atom is 0.303 e. The maximum absolute atomic E-state index is 16.3. The van der Waals surface area contributed by atoms with Crippen LogP contribution in [0.5, 0.6) is 0 Å². The minimum absolute atomic E-state index is 0.203. The van der Waals surface area contributed by atoms with Crippen molar-refractivity contribution in [3.63, 3.8) is 0 Å². The third-order valence-corrected chi connectivity index (χ3v) is 7.10. The van der Waals surface area contributed by atoms with Crippen molar-refractivity contribution >= 4 is 43.2 Å². The van der Waals surface area contributed by atoms with Gasteiger partial charge in [0.2, 0.25) is 0 Å². The molecule has 2 atom stereocenters. The minimum atomic E-state index is -4.06. The Kier molecular flexibility index (Phi) is 8.90. The highest BCUT2D eigenvalue weighted by Crippen LogP contribution is 2.52. The van der Waals surface area contributed by atoms with Crippen LogP contribution in [-0.2, 0) is 16.6 Å². The highest BCUT2D eigenvalue weighted by Gasteiger charge is 2.51. The summed E-state index contributed by atoms with van der Waals surface area (Å²) in [5.74, 6) is -8.12. The number of nitro groups is 2. The van der Waals surface area contributed by atoms with Gasteiger partial charge in [0.15, 0.2) is 12.2 Å². The molecule has 13 heteroatoms. The number of rotatable bonds is 10. The van der Waals surface area contributed by atoms with E-state index < -0.39 is 56.4 Å². The zero-order valence-electron chi connectivity index (χ0n) is 20.6. The van der Waals surface area contributed by atoms with Crippen LogP contribution in [0.1, 0.15) is 34.5 Å². The largest absolute Gasteiger partial charge is 0.352 e. The minimum Gasteiger partial charge on any atom is -0.352 e. The molecule has 0 heterocycles. The molecule has 0 N–H and O–H groups in total. The van der Waals surface area contributed by atoms with Gasteiger partial charge in [-0.3, -0.25) is 20.2 Å². The van der Waals surface area contributed by atoms with Gasteiger partial charge in [-0.15, -0.1) is 0 Å². The second-order valence-electron chi connectivity index (χ2n) is 8.87. The Morgan fingerprint density at radius 1 is 0.610 bits per heavy atom. The van der Waals surface area contributed by atoms with Crippen LogP contribution in [0.3, 0.4) is 0 Å². The van der Waals surface area contributed by atoms with E-state index in [-0.39, 0.29) is 11.1 Å². The lowest BCUT2D eigenvalue weighted by Crippen LogP contribution is -2.33. The fraction of sp³-hybridized carbons (Fsp3) is 0.143. The van der Waals surface area contributed by atoms with E-state index >= 15 is 17.6 Å². The van der Waals surface area contributed by atoms with Gasteiger partial charge in [-0.05, 0) is 35.4 Å². The highest BCUT2D eigenvalue weighted by atomic mass is 79.9. The molecule has 0 aliphatic heterocycles. The number of benzene rings is 4. The Morgan fingerprint density at radius 2 is 0.976 bits per heavy atom. The average Bonchev–Trinajstić information content (AvgIpc) is 2.93. The summed E-state index contributed by atoms with van der Waals surface area (Å²) in [5.41, 5.74) is -3.32. The highest BCUT2D eigenvalue weighted by molar-refractivity contribution is 9.10. The smallest absolute Gasteiger partial charge is 0.303 e. The Morgan fingerprint density at radius 3 is 1.32 bits per heavy atom. The van der Waals surface area contributed by atoms with Crippen LogP contribution in [0.4, 0.5) is 28.9 Å². The van der Waals surface area contributed by atoms with E-state index in [4.69, 9.17) is 4.74 Å². The summed E-state index contributed by atoms with van der Waals surface area (Å²) < 4.78 is 71.6. The number of halogens is 6. The maximum atomic E-state index is 16.3. The lowest BCUT2D eigenvalue weighted by molar-refractivity contribution is -0.385. The molecule has 0 bridgehead atoms. The second-order valence-corrected chi connectivity index (χ2v) is 10.7. The fourth-order valence-corrected chi connectivity index (χ4v) is 5.01. The van der Waals surface area contributed by atoms with Gasteiger partial charge in [0.1, 0.15) is 0 Å². The van der Waals surface area contributed by atoms with E-state index in [1.807, 2.05) is 0 Å². The van der Waals surface area contributed by atoms with Gasteiger partial charge in [-0.1, -0.05) is 80.4 Å². The third-order valence-electron chi connectivity index (χ3n) is 6.12. The van der Waals surface area contributed by atoms with Crippen LogP contribution >= 0.6 is 31.9 Å². The number of nitrogens with zero attached hydrogens (tertiary/aromatic N) is 2. The molecule has 4 rings (SSSR count). The van der Waals surface area contributed by atoms with Gasteiger partial charge >= 0.3 is 11.8 Å². The Labute approximate surface area is 247 Å². The van der Waals surface area contributed by atoms with Crippen molar-refractivity contribution in [3.05, 3.63) is 148 Å². The van der Waals surface area contributed by atoms with Crippen LogP contribution in [0.15, 0.2) is 106 Å². The summed E-state index contributed by atoms with van der Waals surface area (Å²) in [6, 6.07) is 18.3. The zero-order valence-corrected chi connectivity index (χ0v) is 23.8. The summed E-state index contributed by atoms with van der Waals surface area (Å²) >= 11 is 6.39. The molecular formula is C28H18Br2F4N2O5. The molecule has 7 nitrogen and oxygen atoms in total. The lowest BCUT2D eigenvalue weighted by Gasteiger charge is -2.35. The van der Waals surface area contributed by atoms with E-state index in [2.05, 4.69) is 31.9 Å². The van der Waals surface area contributed by atoms with Crippen LogP contribution in [0, 0.1) is 20.2 Å². The monoisotopic (exact) mass is 696 g/mol. The van der Waals surface area contributed by atoms with E-state index in [9.17, 15) is 20.2 Å². The molecule has 4 aromatic carbocycles. The summed E-state index contributed by atoms with van der Waals surface area (Å²) in [4.78, 5) is 20.9. The van der Waals surface area contributed by atoms with Gasteiger partial charge in [-0.25, -0.2) is 0 Å². The molecule has 0 amide bonds. The number of ether oxygens (including phenoxy) is 1. The quantitative estimate of drug-likeness (QED) is 0.0935. The van der Waals surface area contributed by atoms with Crippen LogP contribution in [0.2, 0.25) is 0 Å². The number of hydrogen-bond acceptors (Lipinski definition) is 5. The van der Waals surface area contributed by atoms with Gasteiger partial charge in [0.05, 0.1) is 9.85 Å². The summed E-state index contributed by atoms with van der Waals surface area (Å²) in [5, 5.41) is 22.6.